The lowest BCUT2D eigenvalue weighted by molar-refractivity contribution is -0.0361. The molecule has 0 bridgehead atoms. The Bertz CT molecular complexity index is 547. The molecule has 1 saturated heterocycles. The fourth-order valence-corrected chi connectivity index (χ4v) is 4.07. The minimum Gasteiger partial charge on any atom is -0.494 e. The number of nitrogens with one attached hydrogen (secondary N) is 1. The van der Waals surface area contributed by atoms with Crippen molar-refractivity contribution in [1.82, 2.24) is 10.2 Å². The van der Waals surface area contributed by atoms with Gasteiger partial charge in [-0.3, -0.25) is 9.69 Å². The molecule has 5 nitrogen and oxygen atoms in total. The van der Waals surface area contributed by atoms with Crippen molar-refractivity contribution >= 4 is 5.91 Å². The zero-order chi connectivity index (χ0) is 17.5. The van der Waals surface area contributed by atoms with Crippen LogP contribution in [0.15, 0.2) is 24.3 Å². The Labute approximate surface area is 150 Å². The van der Waals surface area contributed by atoms with E-state index in [1.165, 1.54) is 19.3 Å². The van der Waals surface area contributed by atoms with Crippen molar-refractivity contribution in [1.29, 1.82) is 0 Å². The number of benzene rings is 1. The van der Waals surface area contributed by atoms with Crippen LogP contribution in [0.3, 0.4) is 0 Å². The van der Waals surface area contributed by atoms with Crippen LogP contribution >= 0.6 is 0 Å². The summed E-state index contributed by atoms with van der Waals surface area (Å²) in [5, 5.41) is 3.20. The molecular formula is C20H30N2O3. The summed E-state index contributed by atoms with van der Waals surface area (Å²) in [4.78, 5) is 15.1. The number of hydrogen-bond donors (Lipinski definition) is 1. The molecule has 0 aromatic heterocycles. The summed E-state index contributed by atoms with van der Waals surface area (Å²) < 4.78 is 11.0. The minimum atomic E-state index is 0.00116. The molecule has 0 spiro atoms. The van der Waals surface area contributed by atoms with Crippen LogP contribution in [0, 0.1) is 0 Å². The van der Waals surface area contributed by atoms with Crippen molar-refractivity contribution in [2.75, 3.05) is 39.5 Å². The van der Waals surface area contributed by atoms with E-state index in [4.69, 9.17) is 9.47 Å². The van der Waals surface area contributed by atoms with Gasteiger partial charge in [-0.2, -0.15) is 0 Å². The molecule has 1 N–H and O–H groups in total. The summed E-state index contributed by atoms with van der Waals surface area (Å²) in [5.41, 5.74) is 0.791. The minimum absolute atomic E-state index is 0.00116. The molecule has 3 rings (SSSR count). The molecule has 0 unspecified atom stereocenters. The first-order chi connectivity index (χ1) is 12.2. The van der Waals surface area contributed by atoms with Gasteiger partial charge in [-0.1, -0.05) is 19.3 Å². The van der Waals surface area contributed by atoms with E-state index in [0.717, 1.165) is 51.4 Å². The highest BCUT2D eigenvalue weighted by Crippen LogP contribution is 2.34. The monoisotopic (exact) mass is 346 g/mol. The van der Waals surface area contributed by atoms with Crippen LogP contribution in [0.1, 0.15) is 49.4 Å². The topological polar surface area (TPSA) is 50.8 Å². The molecule has 1 saturated carbocycles. The van der Waals surface area contributed by atoms with Gasteiger partial charge in [0.05, 0.1) is 19.8 Å². The third-order valence-electron chi connectivity index (χ3n) is 5.47. The number of nitrogens with zero attached hydrogens (tertiary/aromatic N) is 1. The number of morpholine rings is 1. The lowest BCUT2D eigenvalue weighted by Crippen LogP contribution is -2.59. The largest absolute Gasteiger partial charge is 0.494 e. The van der Waals surface area contributed by atoms with E-state index in [1.807, 2.05) is 31.2 Å². The van der Waals surface area contributed by atoms with Crippen molar-refractivity contribution in [3.05, 3.63) is 29.8 Å². The first kappa shape index (κ1) is 18.2. The number of rotatable bonds is 6. The van der Waals surface area contributed by atoms with Crippen LogP contribution in [0.4, 0.5) is 0 Å². The quantitative estimate of drug-likeness (QED) is 0.860. The third kappa shape index (κ3) is 4.53. The molecule has 1 aliphatic carbocycles. The zero-order valence-electron chi connectivity index (χ0n) is 15.3. The maximum atomic E-state index is 12.6. The van der Waals surface area contributed by atoms with Gasteiger partial charge in [0.15, 0.2) is 0 Å². The third-order valence-corrected chi connectivity index (χ3v) is 5.47. The van der Waals surface area contributed by atoms with Crippen LogP contribution < -0.4 is 10.1 Å². The molecule has 1 aromatic rings. The predicted octanol–water partition coefficient (Wildman–Crippen LogP) is 2.85. The zero-order valence-corrected chi connectivity index (χ0v) is 15.3. The molecule has 2 aliphatic rings. The standard InChI is InChI=1S/C20H30N2O3/c1-2-25-18-8-6-17(7-9-18)19(23)21-16-20(10-4-3-5-11-20)22-12-14-24-15-13-22/h6-9H,2-5,10-16H2,1H3,(H,21,23). The van der Waals surface area contributed by atoms with E-state index >= 15 is 0 Å². The van der Waals surface area contributed by atoms with Crippen molar-refractivity contribution in [2.45, 2.75) is 44.6 Å². The molecule has 0 atom stereocenters. The van der Waals surface area contributed by atoms with Crippen LogP contribution in [-0.4, -0.2) is 55.8 Å². The summed E-state index contributed by atoms with van der Waals surface area (Å²) in [6, 6.07) is 7.39. The second-order valence-electron chi connectivity index (χ2n) is 7.02. The van der Waals surface area contributed by atoms with E-state index in [0.29, 0.717) is 12.2 Å². The Morgan fingerprint density at radius 3 is 2.48 bits per heavy atom. The lowest BCUT2D eigenvalue weighted by Gasteiger charge is -2.48. The maximum Gasteiger partial charge on any atom is 0.251 e. The molecule has 0 radical (unpaired) electrons. The van der Waals surface area contributed by atoms with Crippen LogP contribution in [0.5, 0.6) is 5.75 Å². The number of hydrogen-bond acceptors (Lipinski definition) is 4. The van der Waals surface area contributed by atoms with Crippen molar-refractivity contribution in [2.24, 2.45) is 0 Å². The van der Waals surface area contributed by atoms with Gasteiger partial charge in [-0.05, 0) is 44.0 Å². The van der Waals surface area contributed by atoms with E-state index in [9.17, 15) is 4.79 Å². The lowest BCUT2D eigenvalue weighted by atomic mass is 9.79. The summed E-state index contributed by atoms with van der Waals surface area (Å²) in [7, 11) is 0. The van der Waals surface area contributed by atoms with E-state index in [2.05, 4.69) is 10.2 Å². The predicted molar refractivity (Wildman–Crippen MR) is 98.2 cm³/mol. The van der Waals surface area contributed by atoms with Crippen molar-refractivity contribution < 1.29 is 14.3 Å². The fourth-order valence-electron chi connectivity index (χ4n) is 4.07. The first-order valence-electron chi connectivity index (χ1n) is 9.57. The number of ether oxygens (including phenoxy) is 2. The van der Waals surface area contributed by atoms with Gasteiger partial charge in [-0.15, -0.1) is 0 Å². The van der Waals surface area contributed by atoms with Gasteiger partial charge >= 0.3 is 0 Å². The molecule has 25 heavy (non-hydrogen) atoms. The van der Waals surface area contributed by atoms with E-state index < -0.39 is 0 Å². The molecule has 1 amide bonds. The van der Waals surface area contributed by atoms with Gasteiger partial charge in [0.1, 0.15) is 5.75 Å². The highest BCUT2D eigenvalue weighted by molar-refractivity contribution is 5.94. The van der Waals surface area contributed by atoms with Crippen molar-refractivity contribution in [3.8, 4) is 5.75 Å². The van der Waals surface area contributed by atoms with Crippen molar-refractivity contribution in [3.63, 3.8) is 0 Å². The first-order valence-corrected chi connectivity index (χ1v) is 9.57. The normalized spacial score (nSPS) is 20.8. The number of carbonyl (C=O) groups excluding carboxylic acids is 1. The highest BCUT2D eigenvalue weighted by atomic mass is 16.5. The van der Waals surface area contributed by atoms with E-state index in [-0.39, 0.29) is 11.4 Å². The molecule has 2 fully saturated rings. The molecule has 1 aromatic carbocycles. The summed E-state index contributed by atoms with van der Waals surface area (Å²) in [6.07, 6.45) is 6.12. The Hall–Kier alpha value is -1.59. The van der Waals surface area contributed by atoms with Gasteiger partial charge in [0.2, 0.25) is 0 Å². The summed E-state index contributed by atoms with van der Waals surface area (Å²) in [6.45, 7) is 6.85. The Morgan fingerprint density at radius 2 is 1.84 bits per heavy atom. The average molecular weight is 346 g/mol. The van der Waals surface area contributed by atoms with E-state index in [1.54, 1.807) is 0 Å². The van der Waals surface area contributed by atoms with Gasteiger partial charge < -0.3 is 14.8 Å². The number of amides is 1. The summed E-state index contributed by atoms with van der Waals surface area (Å²) in [5.74, 6) is 0.803. The second-order valence-corrected chi connectivity index (χ2v) is 7.02. The van der Waals surface area contributed by atoms with Gasteiger partial charge in [-0.25, -0.2) is 0 Å². The van der Waals surface area contributed by atoms with Gasteiger partial charge in [0.25, 0.3) is 5.91 Å². The fraction of sp³-hybridized carbons (Fsp3) is 0.650. The Morgan fingerprint density at radius 1 is 1.16 bits per heavy atom. The SMILES string of the molecule is CCOc1ccc(C(=O)NCC2(N3CCOCC3)CCCCC2)cc1. The van der Waals surface area contributed by atoms with Gasteiger partial charge in [0, 0.05) is 30.7 Å². The Balaban J connectivity index is 1.62. The number of carbonyl (C=O) groups is 1. The molecule has 5 heteroatoms. The van der Waals surface area contributed by atoms with Crippen LogP contribution in [-0.2, 0) is 4.74 Å². The van der Waals surface area contributed by atoms with Crippen LogP contribution in [0.2, 0.25) is 0 Å². The molecule has 1 heterocycles. The second kappa shape index (κ2) is 8.68. The highest BCUT2D eigenvalue weighted by Gasteiger charge is 2.38. The maximum absolute atomic E-state index is 12.6. The smallest absolute Gasteiger partial charge is 0.251 e. The summed E-state index contributed by atoms with van der Waals surface area (Å²) >= 11 is 0. The molecular weight excluding hydrogens is 316 g/mol. The molecule has 1 aliphatic heterocycles. The molecule has 138 valence electrons. The van der Waals surface area contributed by atoms with Crippen LogP contribution in [0.25, 0.3) is 0 Å². The Kier molecular flexibility index (Phi) is 6.32. The average Bonchev–Trinajstić information content (AvgIpc) is 2.68.